The van der Waals surface area contributed by atoms with E-state index in [1.807, 2.05) is 54.7 Å². The Morgan fingerprint density at radius 2 is 1.47 bits per heavy atom. The molecule has 2 saturated heterocycles. The second-order valence-electron chi connectivity index (χ2n) is 20.4. The maximum Gasteiger partial charge on any atom is 0.244 e. The largest absolute Gasteiger partial charge is 0.370 e. The lowest BCUT2D eigenvalue weighted by Crippen LogP contribution is -2.77. The van der Waals surface area contributed by atoms with Gasteiger partial charge in [0.25, 0.3) is 0 Å². The van der Waals surface area contributed by atoms with E-state index in [4.69, 9.17) is 11.1 Å². The van der Waals surface area contributed by atoms with E-state index in [1.165, 1.54) is 6.92 Å². The highest BCUT2D eigenvalue weighted by Gasteiger charge is 2.61. The third-order valence-electron chi connectivity index (χ3n) is 15.6. The fourth-order valence-corrected chi connectivity index (χ4v) is 12.1. The third kappa shape index (κ3) is 10.6. The number of fused-ring (bicyclic) bond motifs is 3. The molecule has 19 nitrogen and oxygen atoms in total. The molecule has 2 aliphatic carbocycles. The molecule has 0 bridgehead atoms. The van der Waals surface area contributed by atoms with Crippen molar-refractivity contribution in [1.29, 1.82) is 5.41 Å². The lowest BCUT2D eigenvalue weighted by molar-refractivity contribution is -0.144. The zero-order valence-electron chi connectivity index (χ0n) is 40.9. The van der Waals surface area contributed by atoms with Crippen LogP contribution in [0.15, 0.2) is 72.1 Å². The zero-order valence-corrected chi connectivity index (χ0v) is 40.9. The number of aromatic nitrogens is 2. The molecule has 1 unspecified atom stereocenters. The molecule has 0 radical (unpaired) electrons. The van der Waals surface area contributed by atoms with Crippen LogP contribution in [-0.2, 0) is 46.4 Å². The van der Waals surface area contributed by atoms with Crippen molar-refractivity contribution in [3.8, 4) is 0 Å². The van der Waals surface area contributed by atoms with Crippen LogP contribution in [-0.4, -0.2) is 123 Å². The van der Waals surface area contributed by atoms with Gasteiger partial charge >= 0.3 is 0 Å². The van der Waals surface area contributed by atoms with Crippen molar-refractivity contribution in [1.82, 2.24) is 52.1 Å². The Hall–Kier alpha value is -7.02. The molecule has 5 heterocycles. The van der Waals surface area contributed by atoms with Crippen molar-refractivity contribution in [3.63, 3.8) is 0 Å². The van der Waals surface area contributed by atoms with Crippen molar-refractivity contribution >= 4 is 69.0 Å². The number of ketones is 1. The predicted molar refractivity (Wildman–Crippen MR) is 271 cm³/mol. The molecule has 3 fully saturated rings. The molecule has 5 aliphatic rings. The van der Waals surface area contributed by atoms with Crippen LogP contribution >= 0.6 is 0 Å². The number of amides is 6. The minimum Gasteiger partial charge on any atom is -0.370 e. The minimum atomic E-state index is -1.37. The monoisotopic (exact) mass is 985 g/mol. The number of nitrogens with two attached hydrogens (primary N) is 1. The summed E-state index contributed by atoms with van der Waals surface area (Å²) < 4.78 is 0. The molecule has 6 amide bonds. The molecular formula is C53H68N12O7. The summed E-state index contributed by atoms with van der Waals surface area (Å²) in [5.74, 6) is -3.32. The van der Waals surface area contributed by atoms with Gasteiger partial charge in [0.1, 0.15) is 35.7 Å². The molecular weight excluding hydrogens is 917 g/mol. The number of aromatic amines is 2. The van der Waals surface area contributed by atoms with Gasteiger partial charge in [-0.15, -0.1) is 0 Å². The number of carbonyl (C=O) groups excluding carboxylic acids is 7. The van der Waals surface area contributed by atoms with E-state index in [9.17, 15) is 24.0 Å². The SMILES string of the molecule is CC(=O)N[C@@H](Cc1c[nH]c2ccccc12)C(=O)C12CCCC3=C1[C@H](N2)C(=O)N1CCC[C@H]1C(=O)N[C@H](CC1CCCCC1)C(=O)N[C@@H](Cc1c[nH]c2ccccc12)C(=O)N[C@@H](CCCNC(=N)N)C(=O)NC3. The first-order chi connectivity index (χ1) is 34.8. The molecule has 72 heavy (non-hydrogen) atoms. The van der Waals surface area contributed by atoms with E-state index in [2.05, 4.69) is 47.2 Å². The maximum atomic E-state index is 15.3. The summed E-state index contributed by atoms with van der Waals surface area (Å²) in [7, 11) is 0. The Morgan fingerprint density at radius 3 is 2.19 bits per heavy atom. The summed E-state index contributed by atoms with van der Waals surface area (Å²) >= 11 is 0. The Kier molecular flexibility index (Phi) is 15.1. The van der Waals surface area contributed by atoms with Crippen molar-refractivity contribution in [2.24, 2.45) is 11.7 Å². The number of rotatable bonds is 13. The standard InChI is InChI=1S/C53H68N12O7/c1-30(66)60-40(25-33-28-57-37-17-7-5-15-35(33)37)46(67)53-21-9-14-32-27-59-47(68)39(19-10-22-56-52(54)55)61-49(70)42(26-34-29-58-38-18-8-6-16-36(34)38)62-48(69)41(24-31-12-3-2-4-13-31)63-50(71)43-20-11-23-65(43)51(72)45(64-53)44(32)53/h5-8,15-18,28-29,31,39-43,45,57-58,64H,2-4,9-14,19-27H2,1H3,(H,59,68)(H,60,66)(H,61,70)(H,62,69)(H,63,71)(H4,54,55,56)/t39-,40-,41+,42-,43-,45-,53?/m0/s1. The van der Waals surface area contributed by atoms with Gasteiger partial charge < -0.3 is 52.5 Å². The van der Waals surface area contributed by atoms with Gasteiger partial charge in [0, 0.05) is 73.6 Å². The van der Waals surface area contributed by atoms with Crippen LogP contribution < -0.4 is 43.0 Å². The van der Waals surface area contributed by atoms with Crippen LogP contribution in [0, 0.1) is 11.3 Å². The molecule has 0 spiro atoms. The Balaban J connectivity index is 1.09. The second-order valence-corrected chi connectivity index (χ2v) is 20.4. The Bertz CT molecular complexity index is 2780. The Labute approximate surface area is 418 Å². The zero-order chi connectivity index (χ0) is 50.5. The number of guanidine groups is 1. The van der Waals surface area contributed by atoms with Crippen molar-refractivity contribution in [2.75, 3.05) is 19.6 Å². The molecule has 3 aliphatic heterocycles. The van der Waals surface area contributed by atoms with Crippen LogP contribution in [0.25, 0.3) is 21.8 Å². The van der Waals surface area contributed by atoms with Gasteiger partial charge in [-0.2, -0.15) is 0 Å². The van der Waals surface area contributed by atoms with Crippen LogP contribution in [0.2, 0.25) is 0 Å². The number of hydrogen-bond acceptors (Lipinski definition) is 9. The highest BCUT2D eigenvalue weighted by Crippen LogP contribution is 2.46. The average molecular weight is 985 g/mol. The molecule has 382 valence electrons. The molecule has 2 aromatic heterocycles. The molecule has 19 heteroatoms. The maximum absolute atomic E-state index is 15.3. The number of H-pyrrole nitrogens is 2. The lowest BCUT2D eigenvalue weighted by atomic mass is 9.62. The molecule has 12 N–H and O–H groups in total. The number of hydrogen-bond donors (Lipinski definition) is 11. The van der Waals surface area contributed by atoms with Crippen LogP contribution in [0.4, 0.5) is 0 Å². The first-order valence-corrected chi connectivity index (χ1v) is 25.8. The van der Waals surface area contributed by atoms with E-state index >= 15 is 9.59 Å². The molecule has 4 aromatic rings. The van der Waals surface area contributed by atoms with Gasteiger partial charge in [0.05, 0.1) is 6.04 Å². The van der Waals surface area contributed by atoms with Gasteiger partial charge in [0.15, 0.2) is 11.7 Å². The fourth-order valence-electron chi connectivity index (χ4n) is 12.1. The number of benzene rings is 2. The normalized spacial score (nSPS) is 26.0. The van der Waals surface area contributed by atoms with Gasteiger partial charge in [-0.25, -0.2) is 0 Å². The van der Waals surface area contributed by atoms with Gasteiger partial charge in [-0.3, -0.25) is 44.3 Å². The molecule has 1 saturated carbocycles. The third-order valence-corrected chi connectivity index (χ3v) is 15.6. The Morgan fingerprint density at radius 1 is 0.806 bits per heavy atom. The van der Waals surface area contributed by atoms with Crippen molar-refractivity contribution in [3.05, 3.63) is 83.2 Å². The number of nitrogens with zero attached hydrogens (tertiary/aromatic N) is 1. The van der Waals surface area contributed by atoms with E-state index in [-0.39, 0.29) is 62.5 Å². The highest BCUT2D eigenvalue weighted by atomic mass is 16.2. The van der Waals surface area contributed by atoms with Crippen molar-refractivity contribution < 1.29 is 33.6 Å². The topological polar surface area (TPSA) is 288 Å². The van der Waals surface area contributed by atoms with Gasteiger partial charge in [-0.05, 0) is 91.7 Å². The summed E-state index contributed by atoms with van der Waals surface area (Å²) in [4.78, 5) is 110. The molecule has 7 atom stereocenters. The van der Waals surface area contributed by atoms with Crippen LogP contribution in [0.5, 0.6) is 0 Å². The van der Waals surface area contributed by atoms with Crippen LogP contribution in [0.3, 0.4) is 0 Å². The predicted octanol–water partition coefficient (Wildman–Crippen LogP) is 2.51. The van der Waals surface area contributed by atoms with Crippen molar-refractivity contribution in [2.45, 2.75) is 145 Å². The summed E-state index contributed by atoms with van der Waals surface area (Å²) in [6.45, 7) is 1.83. The smallest absolute Gasteiger partial charge is 0.244 e. The minimum absolute atomic E-state index is 0.0533. The molecule has 2 aromatic carbocycles. The first-order valence-electron chi connectivity index (χ1n) is 25.8. The number of para-hydroxylation sites is 2. The molecule has 9 rings (SSSR count). The summed E-state index contributed by atoms with van der Waals surface area (Å²) in [5, 5.41) is 30.6. The quantitative estimate of drug-likeness (QED) is 0.0403. The average Bonchev–Trinajstić information content (AvgIpc) is 4.13. The summed E-state index contributed by atoms with van der Waals surface area (Å²) in [6, 6.07) is 9.11. The first kappa shape index (κ1) is 49.9. The second kappa shape index (κ2) is 21.8. The van der Waals surface area contributed by atoms with Gasteiger partial charge in [-0.1, -0.05) is 68.5 Å². The number of nitrogens with one attached hydrogen (secondary N) is 10. The lowest BCUT2D eigenvalue weighted by Gasteiger charge is -2.55. The van der Waals surface area contributed by atoms with E-state index in [0.29, 0.717) is 56.1 Å². The number of carbonyl (C=O) groups is 7. The van der Waals surface area contributed by atoms with E-state index in [1.54, 1.807) is 11.1 Å². The summed E-state index contributed by atoms with van der Waals surface area (Å²) in [6.07, 6.45) is 11.7. The summed E-state index contributed by atoms with van der Waals surface area (Å²) in [5.41, 5.74) is 8.73. The van der Waals surface area contributed by atoms with E-state index in [0.717, 1.165) is 65.0 Å². The van der Waals surface area contributed by atoms with E-state index < -0.39 is 71.3 Å². The highest BCUT2D eigenvalue weighted by molar-refractivity contribution is 6.06. The van der Waals surface area contributed by atoms with Gasteiger partial charge in [0.2, 0.25) is 35.4 Å². The number of Topliss-reactive ketones (excluding diaryl/α,β-unsaturated/α-hetero) is 1. The fraction of sp³-hybridized carbons (Fsp3) is 0.509. The van der Waals surface area contributed by atoms with Crippen LogP contribution in [0.1, 0.15) is 102 Å².